The molecule has 0 amide bonds. The van der Waals surface area contributed by atoms with E-state index in [9.17, 15) is 8.78 Å². The quantitative estimate of drug-likeness (QED) is 0.610. The number of fused-ring (bicyclic) bond motifs is 3. The van der Waals surface area contributed by atoms with Gasteiger partial charge in [0.25, 0.3) is 0 Å². The van der Waals surface area contributed by atoms with Crippen LogP contribution in [0, 0.1) is 17.0 Å². The normalized spacial score (nSPS) is 25.0. The number of ether oxygens (including phenoxy) is 1. The molecule has 9 heteroatoms. The van der Waals surface area contributed by atoms with E-state index in [1.54, 1.807) is 0 Å². The van der Waals surface area contributed by atoms with Gasteiger partial charge >= 0.3 is 0 Å². The summed E-state index contributed by atoms with van der Waals surface area (Å²) in [6, 6.07) is 7.73. The molecule has 0 radical (unpaired) electrons. The van der Waals surface area contributed by atoms with Crippen LogP contribution in [0.15, 0.2) is 30.6 Å². The first-order valence-electron chi connectivity index (χ1n) is 11.6. The first-order chi connectivity index (χ1) is 16.1. The Morgan fingerprint density at radius 2 is 1.97 bits per heavy atom. The fraction of sp³-hybridized carbons (Fsp3) is 0.458. The molecular weight excluding hydrogens is 426 g/mol. The number of pyridine rings is 1. The van der Waals surface area contributed by atoms with Gasteiger partial charge in [-0.25, -0.2) is 19.3 Å². The first-order valence-corrected chi connectivity index (χ1v) is 11.6. The van der Waals surface area contributed by atoms with Crippen molar-refractivity contribution >= 4 is 28.4 Å². The number of hydrogen-bond acceptors (Lipinski definition) is 7. The Labute approximate surface area is 189 Å². The molecule has 4 fully saturated rings. The Morgan fingerprint density at radius 3 is 2.73 bits per heavy atom. The number of benzene rings is 1. The summed E-state index contributed by atoms with van der Waals surface area (Å²) >= 11 is 0. The largest absolute Gasteiger partial charge is 0.487 e. The number of rotatable bonds is 5. The van der Waals surface area contributed by atoms with Crippen LogP contribution >= 0.6 is 0 Å². The van der Waals surface area contributed by atoms with E-state index in [-0.39, 0.29) is 17.5 Å². The third kappa shape index (κ3) is 3.20. The number of nitrogens with zero attached hydrogens (tertiary/aromatic N) is 4. The highest BCUT2D eigenvalue weighted by atomic mass is 19.2. The minimum atomic E-state index is -0.987. The van der Waals surface area contributed by atoms with Crippen molar-refractivity contribution < 1.29 is 13.5 Å². The fourth-order valence-electron chi connectivity index (χ4n) is 5.62. The zero-order valence-electron chi connectivity index (χ0n) is 18.0. The Morgan fingerprint density at radius 1 is 1.09 bits per heavy atom. The number of halogens is 2. The second-order valence-corrected chi connectivity index (χ2v) is 9.92. The van der Waals surface area contributed by atoms with Crippen molar-refractivity contribution in [2.75, 3.05) is 23.3 Å². The van der Waals surface area contributed by atoms with Gasteiger partial charge in [-0.05, 0) is 61.8 Å². The van der Waals surface area contributed by atoms with Gasteiger partial charge in [-0.2, -0.15) is 4.39 Å². The van der Waals surface area contributed by atoms with E-state index in [2.05, 4.69) is 25.5 Å². The lowest BCUT2D eigenvalue weighted by Gasteiger charge is -2.35. The zero-order valence-corrected chi connectivity index (χ0v) is 18.0. The maximum Gasteiger partial charge on any atom is 0.202 e. The maximum atomic E-state index is 14.9. The molecule has 170 valence electrons. The molecule has 1 spiro atoms. The predicted molar refractivity (Wildman–Crippen MR) is 120 cm³/mol. The summed E-state index contributed by atoms with van der Waals surface area (Å²) in [7, 11) is 0. The smallest absolute Gasteiger partial charge is 0.202 e. The van der Waals surface area contributed by atoms with Crippen LogP contribution in [-0.4, -0.2) is 46.2 Å². The molecule has 7 nitrogen and oxygen atoms in total. The topological polar surface area (TPSA) is 75.2 Å². The molecule has 2 aliphatic heterocycles. The monoisotopic (exact) mass is 450 g/mol. The van der Waals surface area contributed by atoms with Crippen LogP contribution < -0.4 is 20.3 Å². The van der Waals surface area contributed by atoms with Gasteiger partial charge in [-0.1, -0.05) is 0 Å². The molecule has 2 saturated carbocycles. The van der Waals surface area contributed by atoms with Gasteiger partial charge in [0.15, 0.2) is 17.4 Å². The van der Waals surface area contributed by atoms with Crippen molar-refractivity contribution in [3.05, 3.63) is 42.2 Å². The van der Waals surface area contributed by atoms with E-state index < -0.39 is 11.6 Å². The third-order valence-electron chi connectivity index (χ3n) is 7.69. The number of aromatic nitrogens is 3. The molecule has 3 aromatic rings. The molecule has 7 rings (SSSR count). The Bertz CT molecular complexity index is 1260. The van der Waals surface area contributed by atoms with Crippen molar-refractivity contribution in [3.63, 3.8) is 0 Å². The summed E-state index contributed by atoms with van der Waals surface area (Å²) in [6.07, 6.45) is 6.80. The lowest BCUT2D eigenvalue weighted by Crippen LogP contribution is -2.44. The van der Waals surface area contributed by atoms with Crippen molar-refractivity contribution in [2.45, 2.75) is 50.3 Å². The first kappa shape index (κ1) is 19.4. The Hall–Kier alpha value is -3.07. The minimum Gasteiger partial charge on any atom is -0.487 e. The average Bonchev–Trinajstić information content (AvgIpc) is 3.31. The number of anilines is 3. The highest BCUT2D eigenvalue weighted by molar-refractivity contribution is 5.88. The SMILES string of the molecule is Fc1c(Nc2ncnc3ccc(N4C[C@@H]5C[C@H]4CN5)nc23)ccc(OC2CC3(CC3)C2)c1F. The molecule has 2 bridgehead atoms. The van der Waals surface area contributed by atoms with Crippen molar-refractivity contribution in [1.29, 1.82) is 0 Å². The molecule has 0 unspecified atom stereocenters. The maximum absolute atomic E-state index is 14.9. The molecule has 4 heterocycles. The van der Waals surface area contributed by atoms with Crippen LogP contribution in [0.4, 0.5) is 26.1 Å². The average molecular weight is 450 g/mol. The highest BCUT2D eigenvalue weighted by Crippen LogP contribution is 2.61. The van der Waals surface area contributed by atoms with Crippen LogP contribution in [0.1, 0.15) is 32.1 Å². The van der Waals surface area contributed by atoms with Crippen LogP contribution in [0.3, 0.4) is 0 Å². The fourth-order valence-corrected chi connectivity index (χ4v) is 5.62. The van der Waals surface area contributed by atoms with Gasteiger partial charge in [0, 0.05) is 25.2 Å². The molecular formula is C24H24F2N6O. The van der Waals surface area contributed by atoms with Crippen LogP contribution in [-0.2, 0) is 0 Å². The summed E-state index contributed by atoms with van der Waals surface area (Å²) < 4.78 is 35.4. The Kier molecular flexibility index (Phi) is 4.09. The third-order valence-corrected chi connectivity index (χ3v) is 7.69. The molecule has 2 aliphatic carbocycles. The van der Waals surface area contributed by atoms with E-state index in [1.165, 1.54) is 31.3 Å². The summed E-state index contributed by atoms with van der Waals surface area (Å²) in [5, 5.41) is 6.41. The molecule has 1 aromatic carbocycles. The molecule has 2 saturated heterocycles. The van der Waals surface area contributed by atoms with Gasteiger partial charge in [0.05, 0.1) is 17.3 Å². The number of piperazine rings is 1. The summed E-state index contributed by atoms with van der Waals surface area (Å²) in [5.41, 5.74) is 1.59. The molecule has 2 atom stereocenters. The Balaban J connectivity index is 1.16. The van der Waals surface area contributed by atoms with Gasteiger partial charge < -0.3 is 20.3 Å². The second kappa shape index (κ2) is 6.96. The molecule has 33 heavy (non-hydrogen) atoms. The van der Waals surface area contributed by atoms with E-state index >= 15 is 0 Å². The molecule has 4 aliphatic rings. The van der Waals surface area contributed by atoms with Gasteiger partial charge in [0.2, 0.25) is 5.82 Å². The summed E-state index contributed by atoms with van der Waals surface area (Å²) in [5.74, 6) is -0.822. The standard InChI is InChI=1S/C24H24F2N6O/c25-20-16(1-3-18(21(20)26)33-15-8-24(9-15)5-6-24)30-23-22-17(28-12-29-23)2-4-19(31-22)32-11-13-7-14(32)10-27-13/h1-4,12-15,27H,5-11H2,(H,28,29,30)/t13-,14-/m0/s1. The highest BCUT2D eigenvalue weighted by Gasteiger charge is 2.54. The van der Waals surface area contributed by atoms with Gasteiger partial charge in [-0.3, -0.25) is 0 Å². The van der Waals surface area contributed by atoms with Crippen LogP contribution in [0.2, 0.25) is 0 Å². The minimum absolute atomic E-state index is 0.0104. The van der Waals surface area contributed by atoms with Gasteiger partial charge in [0.1, 0.15) is 17.7 Å². The van der Waals surface area contributed by atoms with Crippen LogP contribution in [0.5, 0.6) is 5.75 Å². The molecule has 2 aromatic heterocycles. The van der Waals surface area contributed by atoms with Crippen molar-refractivity contribution in [3.8, 4) is 5.75 Å². The van der Waals surface area contributed by atoms with Crippen molar-refractivity contribution in [1.82, 2.24) is 20.3 Å². The van der Waals surface area contributed by atoms with Gasteiger partial charge in [-0.15, -0.1) is 0 Å². The van der Waals surface area contributed by atoms with E-state index in [4.69, 9.17) is 9.72 Å². The lowest BCUT2D eigenvalue weighted by atomic mass is 9.79. The summed E-state index contributed by atoms with van der Waals surface area (Å²) in [6.45, 7) is 1.85. The lowest BCUT2D eigenvalue weighted by molar-refractivity contribution is 0.0466. The predicted octanol–water partition coefficient (Wildman–Crippen LogP) is 3.92. The molecule has 2 N–H and O–H groups in total. The van der Waals surface area contributed by atoms with E-state index in [1.807, 2.05) is 12.1 Å². The van der Waals surface area contributed by atoms with E-state index in [0.29, 0.717) is 34.3 Å². The zero-order chi connectivity index (χ0) is 22.2. The number of nitrogens with one attached hydrogen (secondary N) is 2. The van der Waals surface area contributed by atoms with Crippen LogP contribution in [0.25, 0.3) is 11.0 Å². The summed E-state index contributed by atoms with van der Waals surface area (Å²) in [4.78, 5) is 15.6. The van der Waals surface area contributed by atoms with E-state index in [0.717, 1.165) is 38.2 Å². The second-order valence-electron chi connectivity index (χ2n) is 9.92. The number of hydrogen-bond donors (Lipinski definition) is 2. The van der Waals surface area contributed by atoms with Crippen molar-refractivity contribution in [2.24, 2.45) is 5.41 Å².